The average Bonchev–Trinajstić information content (AvgIpc) is 3.91. The molecule has 0 aliphatic carbocycles. The molecule has 262 valence electrons. The van der Waals surface area contributed by atoms with Gasteiger partial charge in [0.15, 0.2) is 11.5 Å². The molecule has 0 unspecified atom stereocenters. The molecule has 2 fully saturated rings. The van der Waals surface area contributed by atoms with E-state index >= 15 is 0 Å². The lowest BCUT2D eigenvalue weighted by Gasteiger charge is -2.27. The second-order valence-corrected chi connectivity index (χ2v) is 14.1. The van der Waals surface area contributed by atoms with Crippen LogP contribution in [0.1, 0.15) is 57.3 Å². The number of ether oxygens (including phenoxy) is 5. The Morgan fingerprint density at radius 3 is 2.16 bits per heavy atom. The van der Waals surface area contributed by atoms with Gasteiger partial charge in [0.25, 0.3) is 0 Å². The highest BCUT2D eigenvalue weighted by atomic mass is 32.2. The summed E-state index contributed by atoms with van der Waals surface area (Å²) in [4.78, 5) is 31.1. The maximum absolute atomic E-state index is 13.0. The number of nitrogens with one attached hydrogen (secondary N) is 3. The number of imidazole rings is 2. The van der Waals surface area contributed by atoms with E-state index in [4.69, 9.17) is 28.7 Å². The Hall–Kier alpha value is -4.04. The first kappa shape index (κ1) is 34.8. The van der Waals surface area contributed by atoms with Gasteiger partial charge in [-0.25, -0.2) is 14.8 Å². The van der Waals surface area contributed by atoms with Crippen LogP contribution in [-0.4, -0.2) is 95.4 Å². The lowest BCUT2D eigenvalue weighted by atomic mass is 9.98. The Kier molecular flexibility index (Phi) is 11.1. The molecular formula is C36H46N6O6S. The summed E-state index contributed by atoms with van der Waals surface area (Å²) in [5, 5.41) is 3.46. The molecule has 0 spiro atoms. The molecule has 2 atom stereocenters. The lowest BCUT2D eigenvalue weighted by Crippen LogP contribution is -2.36. The Bertz CT molecular complexity index is 1690. The molecule has 2 aliphatic heterocycles. The highest BCUT2D eigenvalue weighted by Gasteiger charge is 2.35. The van der Waals surface area contributed by atoms with E-state index in [9.17, 15) is 4.79 Å². The molecule has 2 aromatic carbocycles. The molecule has 13 heteroatoms. The van der Waals surface area contributed by atoms with Crippen molar-refractivity contribution in [2.75, 3.05) is 58.8 Å². The molecule has 4 heterocycles. The van der Waals surface area contributed by atoms with Crippen LogP contribution in [0, 0.1) is 0 Å². The second kappa shape index (κ2) is 15.7. The van der Waals surface area contributed by atoms with Crippen molar-refractivity contribution >= 4 is 17.9 Å². The van der Waals surface area contributed by atoms with Crippen LogP contribution >= 0.6 is 11.8 Å². The van der Waals surface area contributed by atoms with Gasteiger partial charge in [0, 0.05) is 43.5 Å². The Labute approximate surface area is 291 Å². The largest absolute Gasteiger partial charge is 0.487 e. The van der Waals surface area contributed by atoms with Crippen LogP contribution in [0.15, 0.2) is 48.8 Å². The first-order valence-corrected chi connectivity index (χ1v) is 17.8. The van der Waals surface area contributed by atoms with Crippen LogP contribution in [0.5, 0.6) is 11.5 Å². The van der Waals surface area contributed by atoms with Crippen molar-refractivity contribution in [3.05, 3.63) is 60.4 Å². The van der Waals surface area contributed by atoms with Gasteiger partial charge < -0.3 is 33.7 Å². The normalized spacial score (nSPS) is 17.9. The van der Waals surface area contributed by atoms with Gasteiger partial charge in [0.05, 0.1) is 49.1 Å². The van der Waals surface area contributed by atoms with E-state index in [1.807, 2.05) is 50.9 Å². The number of aromatic amines is 2. The number of H-pyrrole nitrogens is 2. The van der Waals surface area contributed by atoms with Gasteiger partial charge in [-0.15, -0.1) is 11.8 Å². The number of thioether (sulfide) groups is 1. The SMILES string of the molecule is COCCOc1c(-c2ccc(-c3cnc([C@@H]4CSCN4)[nH]3)cc2)ccc(-c2cnc([C@@H]3CCCN3C(=O)OC(C)(C)C)[nH]2)c1OCCOC. The smallest absolute Gasteiger partial charge is 0.410 e. The number of benzene rings is 2. The summed E-state index contributed by atoms with van der Waals surface area (Å²) < 4.78 is 29.2. The van der Waals surface area contributed by atoms with Crippen LogP contribution in [-0.2, 0) is 14.2 Å². The molecule has 0 bridgehead atoms. The Morgan fingerprint density at radius 1 is 0.857 bits per heavy atom. The van der Waals surface area contributed by atoms with E-state index in [1.54, 1.807) is 25.3 Å². The molecule has 4 aromatic rings. The van der Waals surface area contributed by atoms with Crippen molar-refractivity contribution in [1.29, 1.82) is 0 Å². The van der Waals surface area contributed by atoms with Crippen LogP contribution < -0.4 is 14.8 Å². The summed E-state index contributed by atoms with van der Waals surface area (Å²) in [7, 11) is 3.29. The third-order valence-corrected chi connectivity index (χ3v) is 9.35. The third-order valence-electron chi connectivity index (χ3n) is 8.41. The minimum Gasteiger partial charge on any atom is -0.487 e. The van der Waals surface area contributed by atoms with E-state index in [2.05, 4.69) is 44.5 Å². The van der Waals surface area contributed by atoms with E-state index < -0.39 is 5.60 Å². The second-order valence-electron chi connectivity index (χ2n) is 13.0. The molecule has 12 nitrogen and oxygen atoms in total. The summed E-state index contributed by atoms with van der Waals surface area (Å²) in [5.41, 5.74) is 4.82. The van der Waals surface area contributed by atoms with Gasteiger partial charge in [-0.2, -0.15) is 0 Å². The molecule has 0 saturated carbocycles. The summed E-state index contributed by atoms with van der Waals surface area (Å²) in [6.45, 7) is 7.70. The topological polar surface area (TPSA) is 136 Å². The van der Waals surface area contributed by atoms with Crippen LogP contribution in [0.25, 0.3) is 33.6 Å². The van der Waals surface area contributed by atoms with E-state index in [1.165, 1.54) is 0 Å². The van der Waals surface area contributed by atoms with E-state index in [0.29, 0.717) is 50.3 Å². The lowest BCUT2D eigenvalue weighted by molar-refractivity contribution is 0.0218. The van der Waals surface area contributed by atoms with Crippen LogP contribution in [0.3, 0.4) is 0 Å². The zero-order valence-electron chi connectivity index (χ0n) is 28.8. The summed E-state index contributed by atoms with van der Waals surface area (Å²) in [6.07, 6.45) is 5.00. The fraction of sp³-hybridized carbons (Fsp3) is 0.472. The zero-order chi connectivity index (χ0) is 34.4. The number of amides is 1. The summed E-state index contributed by atoms with van der Waals surface area (Å²) >= 11 is 1.87. The van der Waals surface area contributed by atoms with Gasteiger partial charge in [-0.3, -0.25) is 10.2 Å². The molecule has 1 amide bonds. The van der Waals surface area contributed by atoms with Gasteiger partial charge in [0.1, 0.15) is 30.5 Å². The minimum absolute atomic E-state index is 0.212. The predicted octanol–water partition coefficient (Wildman–Crippen LogP) is 6.59. The fourth-order valence-electron chi connectivity index (χ4n) is 6.04. The van der Waals surface area contributed by atoms with Crippen LogP contribution in [0.4, 0.5) is 4.79 Å². The van der Waals surface area contributed by atoms with Crippen molar-refractivity contribution < 1.29 is 28.5 Å². The van der Waals surface area contributed by atoms with Crippen molar-refractivity contribution in [2.45, 2.75) is 51.3 Å². The molecule has 2 aliphatic rings. The average molecular weight is 691 g/mol. The standard InChI is InChI=1S/C36H46N6O6S/c1-36(2,3)48-35(43)42-14-6-7-30(42)34-38-20-28(41-34)26-13-12-25(31(46-17-15-44-4)32(26)47-18-16-45-5)23-8-10-24(11-9-23)27-19-37-33(40-27)29-21-49-22-39-29/h8-13,19-20,29-30,39H,6-7,14-18,21-22H2,1-5H3,(H,37,40)(H,38,41)/t29-,30-/m0/s1. The number of likely N-dealkylation sites (tertiary alicyclic amines) is 1. The van der Waals surface area contributed by atoms with Crippen molar-refractivity contribution in [3.8, 4) is 45.1 Å². The maximum atomic E-state index is 13.0. The quantitative estimate of drug-likeness (QED) is 0.132. The minimum atomic E-state index is -0.580. The number of hydrogen-bond acceptors (Lipinski definition) is 10. The van der Waals surface area contributed by atoms with Gasteiger partial charge in [-0.1, -0.05) is 24.3 Å². The molecular weight excluding hydrogens is 644 g/mol. The molecule has 49 heavy (non-hydrogen) atoms. The first-order valence-electron chi connectivity index (χ1n) is 16.7. The summed E-state index contributed by atoms with van der Waals surface area (Å²) in [6, 6.07) is 12.4. The van der Waals surface area contributed by atoms with E-state index in [-0.39, 0.29) is 18.2 Å². The van der Waals surface area contributed by atoms with Crippen LogP contribution in [0.2, 0.25) is 0 Å². The number of methoxy groups -OCH3 is 2. The molecule has 0 radical (unpaired) electrons. The Balaban J connectivity index is 1.32. The number of rotatable bonds is 13. The number of carbonyl (C=O) groups is 1. The molecule has 2 aromatic heterocycles. The number of nitrogens with zero attached hydrogens (tertiary/aromatic N) is 3. The number of carbonyl (C=O) groups excluding carboxylic acids is 1. The van der Waals surface area contributed by atoms with E-state index in [0.717, 1.165) is 63.9 Å². The van der Waals surface area contributed by atoms with Crippen molar-refractivity contribution in [1.82, 2.24) is 30.2 Å². The van der Waals surface area contributed by atoms with Gasteiger partial charge in [0.2, 0.25) is 0 Å². The van der Waals surface area contributed by atoms with Gasteiger partial charge in [-0.05, 0) is 56.9 Å². The summed E-state index contributed by atoms with van der Waals surface area (Å²) in [5.74, 6) is 4.77. The highest BCUT2D eigenvalue weighted by Crippen LogP contribution is 2.45. The predicted molar refractivity (Wildman–Crippen MR) is 190 cm³/mol. The third kappa shape index (κ3) is 8.23. The zero-order valence-corrected chi connectivity index (χ0v) is 29.7. The Morgan fingerprint density at radius 2 is 1.49 bits per heavy atom. The van der Waals surface area contributed by atoms with Crippen molar-refractivity contribution in [3.63, 3.8) is 0 Å². The first-order chi connectivity index (χ1) is 23.8. The van der Waals surface area contributed by atoms with Crippen molar-refractivity contribution in [2.24, 2.45) is 0 Å². The van der Waals surface area contributed by atoms with Gasteiger partial charge >= 0.3 is 6.09 Å². The highest BCUT2D eigenvalue weighted by molar-refractivity contribution is 7.99. The number of hydrogen-bond donors (Lipinski definition) is 3. The maximum Gasteiger partial charge on any atom is 0.410 e. The fourth-order valence-corrected chi connectivity index (χ4v) is 6.98. The molecule has 2 saturated heterocycles. The molecule has 3 N–H and O–H groups in total. The monoisotopic (exact) mass is 690 g/mol. The molecule has 6 rings (SSSR count). The number of aromatic nitrogens is 4.